The van der Waals surface area contributed by atoms with Gasteiger partial charge in [-0.25, -0.2) is 9.97 Å². The fraction of sp³-hybridized carbons (Fsp3) is 0.211. The zero-order chi connectivity index (χ0) is 18.5. The normalized spacial score (nSPS) is 10.6. The number of ether oxygens (including phenoxy) is 2. The highest BCUT2D eigenvalue weighted by molar-refractivity contribution is 7.14. The molecule has 1 aromatic carbocycles. The third-order valence-electron chi connectivity index (χ3n) is 3.47. The van der Waals surface area contributed by atoms with Crippen LogP contribution in [0.15, 0.2) is 48.0 Å². The van der Waals surface area contributed by atoms with Gasteiger partial charge in [-0.15, -0.1) is 11.3 Å². The topological polar surface area (TPSA) is 73.3 Å². The van der Waals surface area contributed by atoms with E-state index in [0.29, 0.717) is 16.6 Å². The molecule has 2 heterocycles. The summed E-state index contributed by atoms with van der Waals surface area (Å²) in [5.41, 5.74) is 2.20. The van der Waals surface area contributed by atoms with E-state index < -0.39 is 0 Å². The first-order valence-corrected chi connectivity index (χ1v) is 8.97. The molecule has 1 N–H and O–H groups in total. The standard InChI is InChI=1S/C19H19N3O3S/c1-12(2)25-17-9-6-14(10-20-17)18(23)22-19-21-16(11-26-19)13-4-7-15(24-3)8-5-13/h4-12H,1-3H3,(H,21,22,23). The van der Waals surface area contributed by atoms with Crippen LogP contribution in [0, 0.1) is 0 Å². The summed E-state index contributed by atoms with van der Waals surface area (Å²) in [6, 6.07) is 11.0. The number of nitrogens with one attached hydrogen (secondary N) is 1. The highest BCUT2D eigenvalue weighted by Gasteiger charge is 2.11. The Kier molecular flexibility index (Phi) is 5.48. The van der Waals surface area contributed by atoms with Crippen LogP contribution >= 0.6 is 11.3 Å². The zero-order valence-corrected chi connectivity index (χ0v) is 15.5. The number of aromatic nitrogens is 2. The van der Waals surface area contributed by atoms with Crippen LogP contribution in [0.25, 0.3) is 11.3 Å². The van der Waals surface area contributed by atoms with Crippen LogP contribution in [-0.4, -0.2) is 29.1 Å². The number of anilines is 1. The van der Waals surface area contributed by atoms with Gasteiger partial charge in [-0.2, -0.15) is 0 Å². The minimum absolute atomic E-state index is 0.0360. The van der Waals surface area contributed by atoms with E-state index in [2.05, 4.69) is 15.3 Å². The predicted molar refractivity (Wildman–Crippen MR) is 102 cm³/mol. The molecule has 0 unspecified atom stereocenters. The first-order chi connectivity index (χ1) is 12.5. The van der Waals surface area contributed by atoms with Crippen molar-refractivity contribution in [2.75, 3.05) is 12.4 Å². The zero-order valence-electron chi connectivity index (χ0n) is 14.7. The number of benzene rings is 1. The molecular formula is C19H19N3O3S. The van der Waals surface area contributed by atoms with E-state index in [0.717, 1.165) is 17.0 Å². The number of hydrogen-bond acceptors (Lipinski definition) is 6. The quantitative estimate of drug-likeness (QED) is 0.703. The molecule has 3 aromatic rings. The van der Waals surface area contributed by atoms with Crippen molar-refractivity contribution >= 4 is 22.4 Å². The number of nitrogens with zero attached hydrogens (tertiary/aromatic N) is 2. The Morgan fingerprint density at radius 1 is 1.15 bits per heavy atom. The lowest BCUT2D eigenvalue weighted by molar-refractivity contribution is 0.102. The van der Waals surface area contributed by atoms with Crippen LogP contribution in [-0.2, 0) is 0 Å². The highest BCUT2D eigenvalue weighted by Crippen LogP contribution is 2.26. The largest absolute Gasteiger partial charge is 0.497 e. The smallest absolute Gasteiger partial charge is 0.259 e. The molecule has 0 saturated carbocycles. The van der Waals surface area contributed by atoms with Crippen molar-refractivity contribution in [3.05, 3.63) is 53.5 Å². The number of carbonyl (C=O) groups excluding carboxylic acids is 1. The van der Waals surface area contributed by atoms with Gasteiger partial charge < -0.3 is 9.47 Å². The molecule has 0 atom stereocenters. The second kappa shape index (κ2) is 7.97. The summed E-state index contributed by atoms with van der Waals surface area (Å²) >= 11 is 1.37. The fourth-order valence-electron chi connectivity index (χ4n) is 2.22. The van der Waals surface area contributed by atoms with Gasteiger partial charge in [-0.1, -0.05) is 0 Å². The maximum absolute atomic E-state index is 12.3. The van der Waals surface area contributed by atoms with Crippen LogP contribution in [0.3, 0.4) is 0 Å². The number of rotatable bonds is 6. The molecule has 0 aliphatic heterocycles. The maximum Gasteiger partial charge on any atom is 0.259 e. The van der Waals surface area contributed by atoms with E-state index in [1.54, 1.807) is 19.2 Å². The van der Waals surface area contributed by atoms with Crippen molar-refractivity contribution in [3.8, 4) is 22.9 Å². The summed E-state index contributed by atoms with van der Waals surface area (Å²) in [6.07, 6.45) is 1.53. The Bertz CT molecular complexity index is 874. The molecule has 0 aliphatic carbocycles. The van der Waals surface area contributed by atoms with Gasteiger partial charge in [0.2, 0.25) is 5.88 Å². The molecule has 26 heavy (non-hydrogen) atoms. The molecule has 0 saturated heterocycles. The summed E-state index contributed by atoms with van der Waals surface area (Å²) in [7, 11) is 1.63. The van der Waals surface area contributed by atoms with Gasteiger partial charge in [0, 0.05) is 23.2 Å². The molecule has 0 fully saturated rings. The van der Waals surface area contributed by atoms with Gasteiger partial charge in [0.1, 0.15) is 5.75 Å². The number of hydrogen-bond donors (Lipinski definition) is 1. The van der Waals surface area contributed by atoms with Gasteiger partial charge in [-0.3, -0.25) is 10.1 Å². The number of carbonyl (C=O) groups is 1. The Hall–Kier alpha value is -2.93. The molecule has 7 heteroatoms. The Morgan fingerprint density at radius 2 is 1.92 bits per heavy atom. The fourth-order valence-corrected chi connectivity index (χ4v) is 2.94. The molecule has 0 radical (unpaired) electrons. The molecular weight excluding hydrogens is 350 g/mol. The second-order valence-electron chi connectivity index (χ2n) is 5.77. The molecule has 0 bridgehead atoms. The Labute approximate surface area is 155 Å². The average Bonchev–Trinajstić information content (AvgIpc) is 3.10. The van der Waals surface area contributed by atoms with Gasteiger partial charge in [-0.05, 0) is 44.2 Å². The third-order valence-corrected chi connectivity index (χ3v) is 4.22. The molecule has 0 spiro atoms. The number of pyridine rings is 1. The Morgan fingerprint density at radius 3 is 2.54 bits per heavy atom. The molecule has 134 valence electrons. The molecule has 1 amide bonds. The first-order valence-electron chi connectivity index (χ1n) is 8.09. The van der Waals surface area contributed by atoms with Crippen molar-refractivity contribution in [1.29, 1.82) is 0 Å². The summed E-state index contributed by atoms with van der Waals surface area (Å²) in [4.78, 5) is 20.9. The lowest BCUT2D eigenvalue weighted by Crippen LogP contribution is -2.12. The minimum Gasteiger partial charge on any atom is -0.497 e. The van der Waals surface area contributed by atoms with E-state index in [1.807, 2.05) is 43.5 Å². The average molecular weight is 369 g/mol. The van der Waals surface area contributed by atoms with Crippen LogP contribution in [0.1, 0.15) is 24.2 Å². The second-order valence-corrected chi connectivity index (χ2v) is 6.63. The van der Waals surface area contributed by atoms with Crippen LogP contribution in [0.2, 0.25) is 0 Å². The van der Waals surface area contributed by atoms with Gasteiger partial charge in [0.15, 0.2) is 5.13 Å². The molecule has 0 aliphatic rings. The predicted octanol–water partition coefficient (Wildman–Crippen LogP) is 4.25. The van der Waals surface area contributed by atoms with Gasteiger partial charge in [0.05, 0.1) is 24.5 Å². The first kappa shape index (κ1) is 17.9. The lowest BCUT2D eigenvalue weighted by Gasteiger charge is -2.08. The molecule has 6 nitrogen and oxygen atoms in total. The van der Waals surface area contributed by atoms with E-state index >= 15 is 0 Å². The van der Waals surface area contributed by atoms with Crippen molar-refractivity contribution in [2.45, 2.75) is 20.0 Å². The van der Waals surface area contributed by atoms with Crippen molar-refractivity contribution in [2.24, 2.45) is 0 Å². The van der Waals surface area contributed by atoms with Gasteiger partial charge in [0.25, 0.3) is 5.91 Å². The van der Waals surface area contributed by atoms with Crippen molar-refractivity contribution < 1.29 is 14.3 Å². The van der Waals surface area contributed by atoms with Crippen LogP contribution in [0.5, 0.6) is 11.6 Å². The van der Waals surface area contributed by atoms with E-state index in [9.17, 15) is 4.79 Å². The minimum atomic E-state index is -0.260. The molecule has 3 rings (SSSR count). The number of methoxy groups -OCH3 is 1. The van der Waals surface area contributed by atoms with Crippen molar-refractivity contribution in [1.82, 2.24) is 9.97 Å². The van der Waals surface area contributed by atoms with Gasteiger partial charge >= 0.3 is 0 Å². The van der Waals surface area contributed by atoms with Crippen molar-refractivity contribution in [3.63, 3.8) is 0 Å². The monoisotopic (exact) mass is 369 g/mol. The summed E-state index contributed by atoms with van der Waals surface area (Å²) in [5, 5.41) is 5.22. The highest BCUT2D eigenvalue weighted by atomic mass is 32.1. The van der Waals surface area contributed by atoms with E-state index in [1.165, 1.54) is 17.5 Å². The van der Waals surface area contributed by atoms with E-state index in [-0.39, 0.29) is 12.0 Å². The number of amides is 1. The third kappa shape index (κ3) is 4.37. The lowest BCUT2D eigenvalue weighted by atomic mass is 10.2. The summed E-state index contributed by atoms with van der Waals surface area (Å²) < 4.78 is 10.6. The summed E-state index contributed by atoms with van der Waals surface area (Å²) in [6.45, 7) is 3.84. The Balaban J connectivity index is 1.67. The van der Waals surface area contributed by atoms with E-state index in [4.69, 9.17) is 9.47 Å². The molecule has 2 aromatic heterocycles. The van der Waals surface area contributed by atoms with Crippen LogP contribution < -0.4 is 14.8 Å². The maximum atomic E-state index is 12.3. The summed E-state index contributed by atoms with van der Waals surface area (Å²) in [5.74, 6) is 1.02. The number of thiazole rings is 1. The SMILES string of the molecule is COc1ccc(-c2csc(NC(=O)c3ccc(OC(C)C)nc3)n2)cc1. The van der Waals surface area contributed by atoms with Crippen LogP contribution in [0.4, 0.5) is 5.13 Å².